The van der Waals surface area contributed by atoms with Gasteiger partial charge in [0.15, 0.2) is 15.2 Å². The predicted octanol–water partition coefficient (Wildman–Crippen LogP) is 3.60. The molecule has 124 valence electrons. The lowest BCUT2D eigenvalue weighted by Crippen LogP contribution is -1.99. The summed E-state index contributed by atoms with van der Waals surface area (Å²) in [7, 11) is 3.19. The first-order valence-corrected chi connectivity index (χ1v) is 8.34. The number of ether oxygens (including phenoxy) is 1. The standard InChI is InChI=1S/C16H15ClN4O2S/c1-21-9-11(12(20-21)10-6-4-3-5-7-10)8-18-16-19-14(17)13(24-16)15(22)23-2/h3-7,9H,8H2,1-2H3,(H,18,19). The van der Waals surface area contributed by atoms with Crippen LogP contribution in [0.25, 0.3) is 11.3 Å². The highest BCUT2D eigenvalue weighted by atomic mass is 35.5. The van der Waals surface area contributed by atoms with Crippen LogP contribution in [0.3, 0.4) is 0 Å². The minimum Gasteiger partial charge on any atom is -0.465 e. The summed E-state index contributed by atoms with van der Waals surface area (Å²) in [5, 5.41) is 8.40. The summed E-state index contributed by atoms with van der Waals surface area (Å²) in [6.45, 7) is 0.516. The Hall–Kier alpha value is -2.38. The molecule has 24 heavy (non-hydrogen) atoms. The smallest absolute Gasteiger partial charge is 0.351 e. The van der Waals surface area contributed by atoms with Gasteiger partial charge in [0.1, 0.15) is 0 Å². The van der Waals surface area contributed by atoms with Crippen LogP contribution in [-0.2, 0) is 18.3 Å². The number of esters is 1. The molecule has 0 amide bonds. The van der Waals surface area contributed by atoms with Crippen molar-refractivity contribution in [3.8, 4) is 11.3 Å². The molecule has 8 heteroatoms. The first kappa shape index (κ1) is 16.5. The average molecular weight is 363 g/mol. The molecular weight excluding hydrogens is 348 g/mol. The van der Waals surface area contributed by atoms with Gasteiger partial charge in [0, 0.05) is 30.9 Å². The lowest BCUT2D eigenvalue weighted by atomic mass is 10.1. The lowest BCUT2D eigenvalue weighted by molar-refractivity contribution is 0.0606. The first-order valence-electron chi connectivity index (χ1n) is 7.15. The summed E-state index contributed by atoms with van der Waals surface area (Å²) < 4.78 is 6.45. The Morgan fingerprint density at radius 3 is 2.83 bits per heavy atom. The molecule has 3 rings (SSSR count). The molecule has 2 aromatic heterocycles. The molecule has 0 aliphatic heterocycles. The van der Waals surface area contributed by atoms with Crippen LogP contribution in [0.15, 0.2) is 36.5 Å². The number of nitrogens with zero attached hydrogens (tertiary/aromatic N) is 3. The summed E-state index contributed by atoms with van der Waals surface area (Å²) in [4.78, 5) is 16.0. The molecule has 0 radical (unpaired) electrons. The Morgan fingerprint density at radius 2 is 2.12 bits per heavy atom. The molecule has 2 heterocycles. The third kappa shape index (κ3) is 3.42. The molecule has 0 saturated heterocycles. The van der Waals surface area contributed by atoms with Gasteiger partial charge in [-0.05, 0) is 0 Å². The molecule has 0 spiro atoms. The Labute approximate surface area is 148 Å². The monoisotopic (exact) mass is 362 g/mol. The van der Waals surface area contributed by atoms with Gasteiger partial charge in [0.05, 0.1) is 12.8 Å². The van der Waals surface area contributed by atoms with Gasteiger partial charge < -0.3 is 10.1 Å². The quantitative estimate of drug-likeness (QED) is 0.702. The number of rotatable bonds is 5. The third-order valence-electron chi connectivity index (χ3n) is 3.34. The fourth-order valence-electron chi connectivity index (χ4n) is 2.27. The Balaban J connectivity index is 1.80. The zero-order valence-corrected chi connectivity index (χ0v) is 14.7. The van der Waals surface area contributed by atoms with Crippen molar-refractivity contribution in [2.24, 2.45) is 7.05 Å². The number of methoxy groups -OCH3 is 1. The predicted molar refractivity (Wildman–Crippen MR) is 94.4 cm³/mol. The number of nitrogens with one attached hydrogen (secondary N) is 1. The Kier molecular flexibility index (Phi) is 4.82. The molecule has 1 aromatic carbocycles. The van der Waals surface area contributed by atoms with E-state index in [4.69, 9.17) is 11.6 Å². The van der Waals surface area contributed by atoms with Crippen molar-refractivity contribution in [2.45, 2.75) is 6.54 Å². The average Bonchev–Trinajstić information content (AvgIpc) is 3.15. The maximum Gasteiger partial charge on any atom is 0.351 e. The van der Waals surface area contributed by atoms with E-state index in [1.165, 1.54) is 7.11 Å². The van der Waals surface area contributed by atoms with Crippen LogP contribution in [0, 0.1) is 0 Å². The van der Waals surface area contributed by atoms with Crippen LogP contribution in [-0.4, -0.2) is 27.8 Å². The minimum absolute atomic E-state index is 0.142. The van der Waals surface area contributed by atoms with Crippen molar-refractivity contribution in [1.82, 2.24) is 14.8 Å². The van der Waals surface area contributed by atoms with Crippen molar-refractivity contribution in [3.63, 3.8) is 0 Å². The largest absolute Gasteiger partial charge is 0.465 e. The van der Waals surface area contributed by atoms with Crippen LogP contribution in [0.5, 0.6) is 0 Å². The maximum atomic E-state index is 11.6. The van der Waals surface area contributed by atoms with Gasteiger partial charge in [0.25, 0.3) is 0 Å². The van der Waals surface area contributed by atoms with Crippen LogP contribution in [0.4, 0.5) is 5.13 Å². The van der Waals surface area contributed by atoms with Gasteiger partial charge in [-0.2, -0.15) is 5.10 Å². The number of carbonyl (C=O) groups is 1. The summed E-state index contributed by atoms with van der Waals surface area (Å²) >= 11 is 7.14. The van der Waals surface area contributed by atoms with E-state index in [1.807, 2.05) is 43.6 Å². The second kappa shape index (κ2) is 7.02. The van der Waals surface area contributed by atoms with Crippen molar-refractivity contribution in [3.05, 3.63) is 52.1 Å². The highest BCUT2D eigenvalue weighted by Crippen LogP contribution is 2.29. The minimum atomic E-state index is -0.489. The van der Waals surface area contributed by atoms with Gasteiger partial charge in [-0.1, -0.05) is 53.3 Å². The number of thiazole rings is 1. The van der Waals surface area contributed by atoms with E-state index in [1.54, 1.807) is 4.68 Å². The molecule has 0 aliphatic carbocycles. The molecular formula is C16H15ClN4O2S. The highest BCUT2D eigenvalue weighted by molar-refractivity contribution is 7.18. The van der Waals surface area contributed by atoms with Crippen LogP contribution < -0.4 is 5.32 Å². The van der Waals surface area contributed by atoms with E-state index in [0.29, 0.717) is 11.7 Å². The topological polar surface area (TPSA) is 69.0 Å². The number of carbonyl (C=O) groups excluding carboxylic acids is 1. The summed E-state index contributed by atoms with van der Waals surface area (Å²) in [5.41, 5.74) is 2.97. The molecule has 1 N–H and O–H groups in total. The molecule has 0 saturated carbocycles. The number of aromatic nitrogens is 3. The van der Waals surface area contributed by atoms with Crippen molar-refractivity contribution >= 4 is 34.0 Å². The van der Waals surface area contributed by atoms with Gasteiger partial charge >= 0.3 is 5.97 Å². The Morgan fingerprint density at radius 1 is 1.38 bits per heavy atom. The van der Waals surface area contributed by atoms with Crippen LogP contribution >= 0.6 is 22.9 Å². The van der Waals surface area contributed by atoms with E-state index >= 15 is 0 Å². The number of halogens is 1. The molecule has 0 fully saturated rings. The fraction of sp³-hybridized carbons (Fsp3) is 0.188. The molecule has 6 nitrogen and oxygen atoms in total. The molecule has 0 unspecified atom stereocenters. The zero-order chi connectivity index (χ0) is 17.1. The van der Waals surface area contributed by atoms with Gasteiger partial charge in [-0.3, -0.25) is 4.68 Å². The third-order valence-corrected chi connectivity index (χ3v) is 4.72. The van der Waals surface area contributed by atoms with E-state index in [2.05, 4.69) is 20.1 Å². The van der Waals surface area contributed by atoms with Crippen molar-refractivity contribution in [1.29, 1.82) is 0 Å². The van der Waals surface area contributed by atoms with Crippen LogP contribution in [0.2, 0.25) is 5.15 Å². The van der Waals surface area contributed by atoms with Crippen molar-refractivity contribution < 1.29 is 9.53 Å². The second-order valence-electron chi connectivity index (χ2n) is 5.03. The highest BCUT2D eigenvalue weighted by Gasteiger charge is 2.18. The lowest BCUT2D eigenvalue weighted by Gasteiger charge is -2.03. The molecule has 0 bridgehead atoms. The maximum absolute atomic E-state index is 11.6. The SMILES string of the molecule is COC(=O)c1sc(NCc2cn(C)nc2-c2ccccc2)nc1Cl. The van der Waals surface area contributed by atoms with Gasteiger partial charge in [-0.15, -0.1) is 0 Å². The van der Waals surface area contributed by atoms with Crippen LogP contribution in [0.1, 0.15) is 15.2 Å². The van der Waals surface area contributed by atoms with E-state index < -0.39 is 5.97 Å². The number of hydrogen-bond donors (Lipinski definition) is 1. The number of benzene rings is 1. The molecule has 0 atom stereocenters. The van der Waals surface area contributed by atoms with Gasteiger partial charge in [0.2, 0.25) is 0 Å². The van der Waals surface area contributed by atoms with Gasteiger partial charge in [-0.25, -0.2) is 9.78 Å². The van der Waals surface area contributed by atoms with E-state index in [0.717, 1.165) is 28.2 Å². The summed E-state index contributed by atoms with van der Waals surface area (Å²) in [5.74, 6) is -0.489. The van der Waals surface area contributed by atoms with Crippen molar-refractivity contribution in [2.75, 3.05) is 12.4 Å². The summed E-state index contributed by atoms with van der Waals surface area (Å²) in [6, 6.07) is 9.95. The number of aryl methyl sites for hydroxylation is 1. The first-order chi connectivity index (χ1) is 11.6. The zero-order valence-electron chi connectivity index (χ0n) is 13.1. The fourth-order valence-corrected chi connectivity index (χ4v) is 3.37. The molecule has 0 aliphatic rings. The van der Waals surface area contributed by atoms with E-state index in [-0.39, 0.29) is 10.0 Å². The normalized spacial score (nSPS) is 10.6. The second-order valence-corrected chi connectivity index (χ2v) is 6.38. The Bertz CT molecular complexity index is 860. The summed E-state index contributed by atoms with van der Waals surface area (Å²) in [6.07, 6.45) is 1.95. The molecule has 3 aromatic rings. The number of anilines is 1. The van der Waals surface area contributed by atoms with E-state index in [9.17, 15) is 4.79 Å². The number of hydrogen-bond acceptors (Lipinski definition) is 6.